The van der Waals surface area contributed by atoms with Gasteiger partial charge in [-0.05, 0) is 43.5 Å². The number of nitrogens with one attached hydrogen (secondary N) is 1. The van der Waals surface area contributed by atoms with Gasteiger partial charge in [-0.25, -0.2) is 14.2 Å². The summed E-state index contributed by atoms with van der Waals surface area (Å²) in [4.78, 5) is 8.80. The van der Waals surface area contributed by atoms with Crippen LogP contribution < -0.4 is 4.72 Å². The summed E-state index contributed by atoms with van der Waals surface area (Å²) in [5, 5.41) is 1.60. The SMILES string of the molecule is Cc1nc2ccc(-c3cnc(Cl)c(NS(=O)C4CCCCC4)c3)cc2s1. The Hall–Kier alpha value is -1.50. The molecule has 3 aromatic rings. The number of benzene rings is 1. The molecule has 0 amide bonds. The Morgan fingerprint density at radius 3 is 2.81 bits per heavy atom. The Balaban J connectivity index is 1.61. The van der Waals surface area contributed by atoms with Crippen LogP contribution in [0.25, 0.3) is 21.3 Å². The molecule has 0 bridgehead atoms. The molecule has 1 aliphatic carbocycles. The highest BCUT2D eigenvalue weighted by Crippen LogP contribution is 2.32. The van der Waals surface area contributed by atoms with Crippen LogP contribution in [0.5, 0.6) is 0 Å². The summed E-state index contributed by atoms with van der Waals surface area (Å²) >= 11 is 7.92. The molecule has 136 valence electrons. The van der Waals surface area contributed by atoms with Gasteiger partial charge < -0.3 is 4.72 Å². The normalized spacial score (nSPS) is 16.7. The van der Waals surface area contributed by atoms with E-state index >= 15 is 0 Å². The van der Waals surface area contributed by atoms with Crippen molar-refractivity contribution in [3.05, 3.63) is 40.6 Å². The maximum Gasteiger partial charge on any atom is 0.153 e. The third-order valence-electron chi connectivity index (χ3n) is 4.73. The molecule has 1 saturated carbocycles. The molecule has 0 saturated heterocycles. The fourth-order valence-corrected chi connectivity index (χ4v) is 5.74. The second-order valence-corrected chi connectivity index (χ2v) is 9.70. The minimum atomic E-state index is -1.13. The van der Waals surface area contributed by atoms with Gasteiger partial charge in [0.1, 0.15) is 11.0 Å². The minimum absolute atomic E-state index is 0.194. The summed E-state index contributed by atoms with van der Waals surface area (Å²) in [5.41, 5.74) is 3.64. The summed E-state index contributed by atoms with van der Waals surface area (Å²) in [6.45, 7) is 2.01. The second kappa shape index (κ2) is 7.62. The van der Waals surface area contributed by atoms with E-state index in [0.717, 1.165) is 52.0 Å². The van der Waals surface area contributed by atoms with E-state index in [1.54, 1.807) is 17.5 Å². The number of aryl methyl sites for hydroxylation is 1. The van der Waals surface area contributed by atoms with Crippen molar-refractivity contribution >= 4 is 49.8 Å². The van der Waals surface area contributed by atoms with Crippen molar-refractivity contribution in [3.63, 3.8) is 0 Å². The average molecular weight is 406 g/mol. The van der Waals surface area contributed by atoms with Gasteiger partial charge in [0, 0.05) is 11.8 Å². The molecule has 0 aliphatic heterocycles. The number of anilines is 1. The molecule has 0 spiro atoms. The van der Waals surface area contributed by atoms with Crippen LogP contribution in [-0.4, -0.2) is 19.4 Å². The highest BCUT2D eigenvalue weighted by Gasteiger charge is 2.21. The van der Waals surface area contributed by atoms with Gasteiger partial charge in [-0.2, -0.15) is 0 Å². The zero-order valence-electron chi connectivity index (χ0n) is 14.5. The molecule has 1 fully saturated rings. The second-order valence-electron chi connectivity index (χ2n) is 6.64. The maximum absolute atomic E-state index is 12.7. The number of aromatic nitrogens is 2. The van der Waals surface area contributed by atoms with Crippen molar-refractivity contribution in [2.75, 3.05) is 4.72 Å². The summed E-state index contributed by atoms with van der Waals surface area (Å²) < 4.78 is 16.9. The molecule has 0 radical (unpaired) electrons. The average Bonchev–Trinajstić information content (AvgIpc) is 3.03. The lowest BCUT2D eigenvalue weighted by Crippen LogP contribution is -2.24. The van der Waals surface area contributed by atoms with E-state index in [0.29, 0.717) is 10.8 Å². The number of hydrogen-bond acceptors (Lipinski definition) is 4. The molecule has 4 rings (SSSR count). The van der Waals surface area contributed by atoms with Crippen LogP contribution in [0.4, 0.5) is 5.69 Å². The first kappa shape index (κ1) is 17.9. The maximum atomic E-state index is 12.7. The Morgan fingerprint density at radius 1 is 1.19 bits per heavy atom. The molecular weight excluding hydrogens is 386 g/mol. The molecule has 1 aliphatic rings. The Morgan fingerprint density at radius 2 is 2.00 bits per heavy atom. The zero-order valence-corrected chi connectivity index (χ0v) is 16.9. The first-order valence-corrected chi connectivity index (χ1v) is 11.2. The van der Waals surface area contributed by atoms with Gasteiger partial charge in [-0.1, -0.05) is 36.9 Å². The van der Waals surface area contributed by atoms with E-state index in [2.05, 4.69) is 20.8 Å². The number of hydrogen-bond donors (Lipinski definition) is 1. The number of thiazole rings is 1. The van der Waals surface area contributed by atoms with E-state index in [-0.39, 0.29) is 5.25 Å². The van der Waals surface area contributed by atoms with Crippen molar-refractivity contribution in [2.24, 2.45) is 0 Å². The molecule has 26 heavy (non-hydrogen) atoms. The summed E-state index contributed by atoms with van der Waals surface area (Å²) in [6.07, 6.45) is 7.31. The van der Waals surface area contributed by atoms with Gasteiger partial charge in [0.25, 0.3) is 0 Å². The lowest BCUT2D eigenvalue weighted by atomic mass is 10.0. The minimum Gasteiger partial charge on any atom is -0.302 e. The van der Waals surface area contributed by atoms with Crippen LogP contribution in [0.2, 0.25) is 5.15 Å². The summed E-state index contributed by atoms with van der Waals surface area (Å²) in [7, 11) is -1.13. The third-order valence-corrected chi connectivity index (χ3v) is 7.47. The summed E-state index contributed by atoms with van der Waals surface area (Å²) in [6, 6.07) is 8.11. The van der Waals surface area contributed by atoms with Gasteiger partial charge in [0.05, 0.1) is 26.2 Å². The monoisotopic (exact) mass is 405 g/mol. The van der Waals surface area contributed by atoms with E-state index < -0.39 is 11.0 Å². The van der Waals surface area contributed by atoms with Crippen molar-refractivity contribution < 1.29 is 4.21 Å². The van der Waals surface area contributed by atoms with Crippen LogP contribution >= 0.6 is 22.9 Å². The number of pyridine rings is 1. The van der Waals surface area contributed by atoms with Crippen molar-refractivity contribution in [2.45, 2.75) is 44.3 Å². The zero-order chi connectivity index (χ0) is 18.1. The van der Waals surface area contributed by atoms with E-state index in [1.807, 2.05) is 25.1 Å². The van der Waals surface area contributed by atoms with E-state index in [9.17, 15) is 4.21 Å². The van der Waals surface area contributed by atoms with Gasteiger partial charge in [0.2, 0.25) is 0 Å². The smallest absolute Gasteiger partial charge is 0.153 e. The van der Waals surface area contributed by atoms with Crippen LogP contribution in [-0.2, 0) is 11.0 Å². The van der Waals surface area contributed by atoms with Crippen LogP contribution in [0.1, 0.15) is 37.1 Å². The van der Waals surface area contributed by atoms with Crippen molar-refractivity contribution in [1.82, 2.24) is 9.97 Å². The Kier molecular flexibility index (Phi) is 5.25. The molecule has 1 atom stereocenters. The predicted octanol–water partition coefficient (Wildman–Crippen LogP) is 5.73. The highest BCUT2D eigenvalue weighted by atomic mass is 35.5. The number of halogens is 1. The molecule has 1 aromatic carbocycles. The molecule has 1 unspecified atom stereocenters. The largest absolute Gasteiger partial charge is 0.302 e. The fourth-order valence-electron chi connectivity index (χ4n) is 3.37. The lowest BCUT2D eigenvalue weighted by molar-refractivity contribution is 0.506. The topological polar surface area (TPSA) is 54.9 Å². The number of fused-ring (bicyclic) bond motifs is 1. The van der Waals surface area contributed by atoms with Gasteiger partial charge >= 0.3 is 0 Å². The lowest BCUT2D eigenvalue weighted by Gasteiger charge is -2.21. The highest BCUT2D eigenvalue weighted by molar-refractivity contribution is 7.87. The van der Waals surface area contributed by atoms with E-state index in [4.69, 9.17) is 11.6 Å². The van der Waals surface area contributed by atoms with Crippen LogP contribution in [0, 0.1) is 6.92 Å². The molecule has 4 nitrogen and oxygen atoms in total. The Bertz CT molecular complexity index is 967. The quantitative estimate of drug-likeness (QED) is 0.564. The molecule has 1 N–H and O–H groups in total. The van der Waals surface area contributed by atoms with Gasteiger partial charge in [-0.3, -0.25) is 0 Å². The predicted molar refractivity (Wildman–Crippen MR) is 111 cm³/mol. The third kappa shape index (κ3) is 3.77. The van der Waals surface area contributed by atoms with E-state index in [1.165, 1.54) is 6.42 Å². The first-order chi connectivity index (χ1) is 12.6. The molecule has 2 heterocycles. The molecule has 2 aromatic heterocycles. The van der Waals surface area contributed by atoms with Crippen molar-refractivity contribution in [1.29, 1.82) is 0 Å². The fraction of sp³-hybridized carbons (Fsp3) is 0.368. The van der Waals surface area contributed by atoms with Gasteiger partial charge in [0.15, 0.2) is 5.15 Å². The number of rotatable bonds is 4. The Labute approximate surface area is 164 Å². The van der Waals surface area contributed by atoms with Crippen LogP contribution in [0.15, 0.2) is 30.5 Å². The van der Waals surface area contributed by atoms with Crippen molar-refractivity contribution in [3.8, 4) is 11.1 Å². The standard InChI is InChI=1S/C19H20ClN3OS2/c1-12-22-16-8-7-13(10-18(16)25-12)14-9-17(19(20)21-11-14)23-26(24)15-5-3-2-4-6-15/h7-11,15,23H,2-6H2,1H3. The number of nitrogens with zero attached hydrogens (tertiary/aromatic N) is 2. The summed E-state index contributed by atoms with van der Waals surface area (Å²) in [5.74, 6) is 0. The molecular formula is C19H20ClN3OS2. The van der Waals surface area contributed by atoms with Gasteiger partial charge in [-0.15, -0.1) is 11.3 Å². The van der Waals surface area contributed by atoms with Crippen LogP contribution in [0.3, 0.4) is 0 Å². The first-order valence-electron chi connectivity index (χ1n) is 8.80. The molecule has 7 heteroatoms.